The highest BCUT2D eigenvalue weighted by molar-refractivity contribution is 5.83. The molecule has 0 saturated heterocycles. The Morgan fingerprint density at radius 1 is 1.20 bits per heavy atom. The number of aromatic nitrogens is 1. The second-order valence-corrected chi connectivity index (χ2v) is 6.11. The zero-order valence-corrected chi connectivity index (χ0v) is 15.5. The molecule has 1 aromatic carbocycles. The third-order valence-electron chi connectivity index (χ3n) is 4.35. The highest BCUT2D eigenvalue weighted by atomic mass is 19.1. The number of benzene rings is 1. The molecule has 2 aromatic rings. The number of fused-ring (bicyclic) bond motifs is 1. The fourth-order valence-corrected chi connectivity index (χ4v) is 2.97. The number of rotatable bonds is 9. The van der Waals surface area contributed by atoms with E-state index in [0.29, 0.717) is 0 Å². The summed E-state index contributed by atoms with van der Waals surface area (Å²) in [5.41, 5.74) is 2.08. The van der Waals surface area contributed by atoms with Crippen LogP contribution >= 0.6 is 0 Å². The maximum Gasteiger partial charge on any atom is 0.191 e. The lowest BCUT2D eigenvalue weighted by Crippen LogP contribution is -2.42. The first-order valence-electron chi connectivity index (χ1n) is 9.10. The van der Waals surface area contributed by atoms with Crippen molar-refractivity contribution < 1.29 is 4.39 Å². The Morgan fingerprint density at radius 3 is 2.72 bits per heavy atom. The molecule has 0 saturated carbocycles. The molecule has 3 N–H and O–H groups in total. The molecular weight excluding hydrogens is 317 g/mol. The van der Waals surface area contributed by atoms with E-state index < -0.39 is 0 Å². The van der Waals surface area contributed by atoms with E-state index in [9.17, 15) is 4.39 Å². The first-order valence-corrected chi connectivity index (χ1v) is 9.10. The molecule has 25 heavy (non-hydrogen) atoms. The van der Waals surface area contributed by atoms with E-state index in [-0.39, 0.29) is 5.82 Å². The molecule has 0 amide bonds. The maximum atomic E-state index is 13.4. The van der Waals surface area contributed by atoms with Gasteiger partial charge in [0.05, 0.1) is 0 Å². The lowest BCUT2D eigenvalue weighted by molar-refractivity contribution is 0.293. The highest BCUT2D eigenvalue weighted by Gasteiger charge is 2.06. The Morgan fingerprint density at radius 2 is 2.00 bits per heavy atom. The summed E-state index contributed by atoms with van der Waals surface area (Å²) in [7, 11) is 1.78. The fourth-order valence-electron chi connectivity index (χ4n) is 2.97. The van der Waals surface area contributed by atoms with Crippen molar-refractivity contribution in [1.29, 1.82) is 0 Å². The third-order valence-corrected chi connectivity index (χ3v) is 4.35. The third kappa shape index (κ3) is 5.74. The summed E-state index contributed by atoms with van der Waals surface area (Å²) in [6, 6.07) is 4.84. The molecule has 0 spiro atoms. The van der Waals surface area contributed by atoms with Crippen LogP contribution in [-0.4, -0.2) is 55.6 Å². The monoisotopic (exact) mass is 347 g/mol. The standard InChI is InChI=1S/C19H30FN5/c1-4-11-25(5-2)12-10-23-19(21-3)22-9-8-15-14-24-18-7-6-16(20)13-17(15)18/h6-7,13-14,24H,4-5,8-12H2,1-3H3,(H2,21,22,23). The van der Waals surface area contributed by atoms with E-state index in [4.69, 9.17) is 0 Å². The number of H-pyrrole nitrogens is 1. The summed E-state index contributed by atoms with van der Waals surface area (Å²) in [5.74, 6) is 0.602. The minimum Gasteiger partial charge on any atom is -0.361 e. The van der Waals surface area contributed by atoms with Gasteiger partial charge in [0.1, 0.15) is 5.82 Å². The van der Waals surface area contributed by atoms with Crippen molar-refractivity contribution in [2.45, 2.75) is 26.7 Å². The molecule has 0 aliphatic carbocycles. The van der Waals surface area contributed by atoms with Gasteiger partial charge >= 0.3 is 0 Å². The number of nitrogens with zero attached hydrogens (tertiary/aromatic N) is 2. The lowest BCUT2D eigenvalue weighted by atomic mass is 10.1. The summed E-state index contributed by atoms with van der Waals surface area (Å²) >= 11 is 0. The number of guanidine groups is 1. The Labute approximate surface area is 149 Å². The summed E-state index contributed by atoms with van der Waals surface area (Å²) in [5, 5.41) is 7.62. The van der Waals surface area contributed by atoms with Gasteiger partial charge in [-0.3, -0.25) is 4.99 Å². The Bertz CT molecular complexity index is 680. The topological polar surface area (TPSA) is 55.4 Å². The van der Waals surface area contributed by atoms with Crippen LogP contribution in [0, 0.1) is 5.82 Å². The molecule has 0 unspecified atom stereocenters. The minimum atomic E-state index is -0.202. The molecule has 0 fully saturated rings. The Balaban J connectivity index is 1.78. The molecule has 6 heteroatoms. The van der Waals surface area contributed by atoms with Crippen LogP contribution in [0.15, 0.2) is 29.4 Å². The zero-order chi connectivity index (χ0) is 18.1. The number of nitrogens with one attached hydrogen (secondary N) is 3. The normalized spacial score (nSPS) is 12.1. The first kappa shape index (κ1) is 19.2. The van der Waals surface area contributed by atoms with Crippen LogP contribution in [0.2, 0.25) is 0 Å². The summed E-state index contributed by atoms with van der Waals surface area (Å²) < 4.78 is 13.4. The molecule has 5 nitrogen and oxygen atoms in total. The molecule has 0 bridgehead atoms. The van der Waals surface area contributed by atoms with Crippen LogP contribution in [0.3, 0.4) is 0 Å². The van der Waals surface area contributed by atoms with E-state index in [1.54, 1.807) is 19.2 Å². The smallest absolute Gasteiger partial charge is 0.191 e. The van der Waals surface area contributed by atoms with Crippen LogP contribution in [0.5, 0.6) is 0 Å². The molecule has 2 rings (SSSR count). The highest BCUT2D eigenvalue weighted by Crippen LogP contribution is 2.19. The number of likely N-dealkylation sites (N-methyl/N-ethyl adjacent to an activating group) is 1. The maximum absolute atomic E-state index is 13.4. The summed E-state index contributed by atoms with van der Waals surface area (Å²) in [4.78, 5) is 9.86. The van der Waals surface area contributed by atoms with Gasteiger partial charge in [-0.25, -0.2) is 4.39 Å². The molecule has 0 radical (unpaired) electrons. The van der Waals surface area contributed by atoms with Gasteiger partial charge in [0, 0.05) is 43.8 Å². The largest absolute Gasteiger partial charge is 0.361 e. The van der Waals surface area contributed by atoms with Crippen molar-refractivity contribution in [2.75, 3.05) is 39.8 Å². The van der Waals surface area contributed by atoms with E-state index in [1.807, 2.05) is 6.20 Å². The van der Waals surface area contributed by atoms with Crippen LogP contribution < -0.4 is 10.6 Å². The van der Waals surface area contributed by atoms with E-state index >= 15 is 0 Å². The van der Waals surface area contributed by atoms with Crippen molar-refractivity contribution >= 4 is 16.9 Å². The second kappa shape index (κ2) is 10.0. The predicted octanol–water partition coefficient (Wildman–Crippen LogP) is 2.75. The molecule has 0 atom stereocenters. The van der Waals surface area contributed by atoms with Crippen molar-refractivity contribution in [3.63, 3.8) is 0 Å². The SMILES string of the molecule is CCCN(CC)CCNC(=NC)NCCc1c[nH]c2ccc(F)cc12. The Hall–Kier alpha value is -2.08. The van der Waals surface area contributed by atoms with E-state index in [0.717, 1.165) is 61.6 Å². The number of halogens is 1. The summed E-state index contributed by atoms with van der Waals surface area (Å²) in [6.45, 7) is 9.20. The minimum absolute atomic E-state index is 0.202. The van der Waals surface area contributed by atoms with Gasteiger partial charge in [0.15, 0.2) is 5.96 Å². The van der Waals surface area contributed by atoms with E-state index in [2.05, 4.69) is 39.4 Å². The van der Waals surface area contributed by atoms with Gasteiger partial charge in [-0.05, 0) is 49.7 Å². The lowest BCUT2D eigenvalue weighted by Gasteiger charge is -2.20. The molecular formula is C19H30FN5. The van der Waals surface area contributed by atoms with Crippen molar-refractivity contribution in [3.05, 3.63) is 35.8 Å². The molecule has 0 aliphatic rings. The number of hydrogen-bond acceptors (Lipinski definition) is 2. The van der Waals surface area contributed by atoms with Gasteiger partial charge in [-0.1, -0.05) is 13.8 Å². The van der Waals surface area contributed by atoms with Gasteiger partial charge in [-0.15, -0.1) is 0 Å². The predicted molar refractivity (Wildman–Crippen MR) is 104 cm³/mol. The van der Waals surface area contributed by atoms with Crippen molar-refractivity contribution in [2.24, 2.45) is 4.99 Å². The van der Waals surface area contributed by atoms with E-state index in [1.165, 1.54) is 12.5 Å². The van der Waals surface area contributed by atoms with Gasteiger partial charge in [-0.2, -0.15) is 0 Å². The average molecular weight is 347 g/mol. The van der Waals surface area contributed by atoms with Gasteiger partial charge < -0.3 is 20.5 Å². The van der Waals surface area contributed by atoms with Gasteiger partial charge in [0.25, 0.3) is 0 Å². The van der Waals surface area contributed by atoms with Crippen LogP contribution in [-0.2, 0) is 6.42 Å². The van der Waals surface area contributed by atoms with Crippen LogP contribution in [0.4, 0.5) is 4.39 Å². The molecule has 1 heterocycles. The second-order valence-electron chi connectivity index (χ2n) is 6.11. The quantitative estimate of drug-likeness (QED) is 0.483. The van der Waals surface area contributed by atoms with Gasteiger partial charge in [0.2, 0.25) is 0 Å². The zero-order valence-electron chi connectivity index (χ0n) is 15.5. The average Bonchev–Trinajstić information content (AvgIpc) is 3.01. The number of hydrogen-bond donors (Lipinski definition) is 3. The Kier molecular flexibility index (Phi) is 7.73. The fraction of sp³-hybridized carbons (Fsp3) is 0.526. The molecule has 138 valence electrons. The molecule has 0 aliphatic heterocycles. The summed E-state index contributed by atoms with van der Waals surface area (Å²) in [6.07, 6.45) is 3.93. The van der Waals surface area contributed by atoms with Crippen LogP contribution in [0.25, 0.3) is 10.9 Å². The number of aromatic amines is 1. The molecule has 1 aromatic heterocycles. The number of aliphatic imine (C=N–C) groups is 1. The van der Waals surface area contributed by atoms with Crippen molar-refractivity contribution in [1.82, 2.24) is 20.5 Å². The first-order chi connectivity index (χ1) is 12.2. The van der Waals surface area contributed by atoms with Crippen molar-refractivity contribution in [3.8, 4) is 0 Å². The van der Waals surface area contributed by atoms with Crippen LogP contribution in [0.1, 0.15) is 25.8 Å².